The number of hydrogen-bond donors (Lipinski definition) is 4. The van der Waals surface area contributed by atoms with E-state index in [9.17, 15) is 34.1 Å². The van der Waals surface area contributed by atoms with Crippen LogP contribution in [-0.2, 0) is 44.9 Å². The highest BCUT2D eigenvalue weighted by Gasteiger charge is 2.46. The Morgan fingerprint density at radius 1 is 1.26 bits per heavy atom. The number of nitro groups is 1. The molecule has 3 rings (SSSR count). The monoisotopic (exact) mass is 584 g/mol. The third-order valence-electron chi connectivity index (χ3n) is 5.05. The number of methoxy groups -OCH3 is 1. The number of amides is 3. The van der Waals surface area contributed by atoms with Crippen LogP contribution in [0.2, 0.25) is 0 Å². The topological polar surface area (TPSA) is 217 Å². The van der Waals surface area contributed by atoms with Gasteiger partial charge >= 0.3 is 11.9 Å². The van der Waals surface area contributed by atoms with Crippen LogP contribution in [0, 0.1) is 10.1 Å². The molecule has 0 bridgehead atoms. The molecule has 3 amide bonds. The van der Waals surface area contributed by atoms with Crippen molar-refractivity contribution in [1.82, 2.24) is 21.1 Å². The van der Waals surface area contributed by atoms with Crippen molar-refractivity contribution in [2.75, 3.05) is 24.9 Å². The van der Waals surface area contributed by atoms with Gasteiger partial charge in [0.15, 0.2) is 23.8 Å². The lowest BCUT2D eigenvalue weighted by Crippen LogP contribution is -2.72. The SMILES string of the molecule is COC(=O)[C@@H]1NC(=O)[C@@H]1NC(=O)C(NOCC(=O)OCc1ccc([N+](=O)[O-])cc1)c1csc(NC(=O)CCl)n1. The number of hydroxylamine groups is 1. The number of benzene rings is 1. The fourth-order valence-electron chi connectivity index (χ4n) is 3.07. The molecule has 2 aromatic rings. The van der Waals surface area contributed by atoms with Crippen molar-refractivity contribution in [3.05, 3.63) is 51.0 Å². The molecule has 1 saturated heterocycles. The van der Waals surface area contributed by atoms with E-state index in [1.807, 2.05) is 0 Å². The fourth-order valence-corrected chi connectivity index (χ4v) is 3.89. The second-order valence-corrected chi connectivity index (χ2v) is 8.80. The largest absolute Gasteiger partial charge is 0.467 e. The van der Waals surface area contributed by atoms with Crippen LogP contribution in [0.1, 0.15) is 17.3 Å². The van der Waals surface area contributed by atoms with Crippen molar-refractivity contribution >= 4 is 63.4 Å². The van der Waals surface area contributed by atoms with Gasteiger partial charge in [-0.05, 0) is 17.7 Å². The van der Waals surface area contributed by atoms with Gasteiger partial charge < -0.3 is 25.4 Å². The number of nitrogens with one attached hydrogen (secondary N) is 4. The molecule has 0 aliphatic carbocycles. The molecule has 0 saturated carbocycles. The van der Waals surface area contributed by atoms with Crippen molar-refractivity contribution in [3.8, 4) is 0 Å². The van der Waals surface area contributed by atoms with Gasteiger partial charge in [-0.2, -0.15) is 5.48 Å². The standard InChI is InChI=1S/C21H21ClN6O10S/c1-36-20(33)17-16(19(32)26-17)25-18(31)15(12-9-39-21(23-12)24-13(29)6-22)27-38-8-14(30)37-7-10-2-4-11(5-3-10)28(34)35/h2-5,9,15-17,27H,6-8H2,1H3,(H,25,31)(H,26,32)(H,23,24,29)/t15?,16-,17-/m1/s1. The molecule has 1 aromatic heterocycles. The van der Waals surface area contributed by atoms with E-state index in [0.717, 1.165) is 18.4 Å². The second-order valence-electron chi connectivity index (χ2n) is 7.68. The zero-order valence-electron chi connectivity index (χ0n) is 20.0. The van der Waals surface area contributed by atoms with E-state index in [1.165, 1.54) is 29.6 Å². The number of non-ortho nitro benzene ring substituents is 1. The van der Waals surface area contributed by atoms with Crippen LogP contribution in [0.5, 0.6) is 0 Å². The van der Waals surface area contributed by atoms with Crippen molar-refractivity contribution in [3.63, 3.8) is 0 Å². The number of β-lactam (4-membered cyclic amide) rings is 1. The van der Waals surface area contributed by atoms with Crippen LogP contribution in [-0.4, -0.2) is 71.2 Å². The molecule has 0 spiro atoms. The maximum atomic E-state index is 13.0. The summed E-state index contributed by atoms with van der Waals surface area (Å²) in [6.07, 6.45) is 0. The summed E-state index contributed by atoms with van der Waals surface area (Å²) in [5.74, 6) is -3.93. The number of anilines is 1. The molecule has 18 heteroatoms. The zero-order valence-corrected chi connectivity index (χ0v) is 21.6. The number of rotatable bonds is 13. The summed E-state index contributed by atoms with van der Waals surface area (Å²) in [5, 5.41) is 19.4. The Balaban J connectivity index is 1.61. The van der Waals surface area contributed by atoms with Gasteiger partial charge in [0, 0.05) is 17.5 Å². The maximum absolute atomic E-state index is 13.0. The Morgan fingerprint density at radius 3 is 2.59 bits per heavy atom. The van der Waals surface area contributed by atoms with Gasteiger partial charge in [0.25, 0.3) is 5.69 Å². The molecular formula is C21H21ClN6O10S. The highest BCUT2D eigenvalue weighted by atomic mass is 35.5. The lowest BCUT2D eigenvalue weighted by Gasteiger charge is -2.35. The van der Waals surface area contributed by atoms with Gasteiger partial charge in [-0.1, -0.05) is 0 Å². The number of nitrogens with zero attached hydrogens (tertiary/aromatic N) is 2. The van der Waals surface area contributed by atoms with E-state index < -0.39 is 59.3 Å². The maximum Gasteiger partial charge on any atom is 0.334 e. The molecular weight excluding hydrogens is 564 g/mol. The summed E-state index contributed by atoms with van der Waals surface area (Å²) < 4.78 is 9.63. The average molecular weight is 585 g/mol. The minimum Gasteiger partial charge on any atom is -0.467 e. The smallest absolute Gasteiger partial charge is 0.334 e. The number of carbonyl (C=O) groups is 5. The lowest BCUT2D eigenvalue weighted by atomic mass is 9.98. The van der Waals surface area contributed by atoms with E-state index in [0.29, 0.717) is 5.56 Å². The summed E-state index contributed by atoms with van der Waals surface area (Å²) >= 11 is 6.44. The number of carbonyl (C=O) groups excluding carboxylic acids is 5. The van der Waals surface area contributed by atoms with E-state index >= 15 is 0 Å². The third kappa shape index (κ3) is 7.90. The summed E-state index contributed by atoms with van der Waals surface area (Å²) in [5.41, 5.74) is 2.79. The number of nitro benzene ring substituents is 1. The van der Waals surface area contributed by atoms with Crippen molar-refractivity contribution in [2.24, 2.45) is 0 Å². The van der Waals surface area contributed by atoms with Crippen LogP contribution >= 0.6 is 22.9 Å². The molecule has 3 atom stereocenters. The lowest BCUT2D eigenvalue weighted by molar-refractivity contribution is -0.384. The molecule has 2 heterocycles. The predicted octanol–water partition coefficient (Wildman–Crippen LogP) is -0.309. The number of thiazole rings is 1. The normalized spacial score (nSPS) is 16.7. The van der Waals surface area contributed by atoms with Crippen molar-refractivity contribution in [2.45, 2.75) is 24.7 Å². The quantitative estimate of drug-likeness (QED) is 0.0783. The Kier molecular flexibility index (Phi) is 10.2. The van der Waals surface area contributed by atoms with Crippen molar-refractivity contribution < 1.29 is 43.2 Å². The van der Waals surface area contributed by atoms with Crippen LogP contribution < -0.4 is 21.4 Å². The molecule has 1 fully saturated rings. The molecule has 208 valence electrons. The van der Waals surface area contributed by atoms with Crippen LogP contribution in [0.4, 0.5) is 10.8 Å². The molecule has 1 aliphatic rings. The Morgan fingerprint density at radius 2 is 1.97 bits per heavy atom. The Hall–Kier alpha value is -4.19. The van der Waals surface area contributed by atoms with Crippen LogP contribution in [0.25, 0.3) is 0 Å². The first-order valence-electron chi connectivity index (χ1n) is 10.9. The molecule has 0 radical (unpaired) electrons. The minimum atomic E-state index is -1.39. The minimum absolute atomic E-state index is 0.0518. The second kappa shape index (κ2) is 13.6. The van der Waals surface area contributed by atoms with Gasteiger partial charge in [0.05, 0.1) is 17.7 Å². The Bertz CT molecular complexity index is 1260. The molecule has 1 aliphatic heterocycles. The van der Waals surface area contributed by atoms with Crippen molar-refractivity contribution in [1.29, 1.82) is 0 Å². The number of hydrogen-bond acceptors (Lipinski definition) is 13. The fraction of sp³-hybridized carbons (Fsp3) is 0.333. The molecule has 1 unspecified atom stereocenters. The van der Waals surface area contributed by atoms with E-state index in [-0.39, 0.29) is 29.0 Å². The number of esters is 2. The highest BCUT2D eigenvalue weighted by molar-refractivity contribution is 7.14. The van der Waals surface area contributed by atoms with Crippen LogP contribution in [0.3, 0.4) is 0 Å². The highest BCUT2D eigenvalue weighted by Crippen LogP contribution is 2.22. The number of aromatic nitrogens is 1. The summed E-state index contributed by atoms with van der Waals surface area (Å²) in [6.45, 7) is -0.850. The van der Waals surface area contributed by atoms with E-state index in [4.69, 9.17) is 21.2 Å². The van der Waals surface area contributed by atoms with Gasteiger partial charge in [0.2, 0.25) is 17.7 Å². The first-order chi connectivity index (χ1) is 18.6. The van der Waals surface area contributed by atoms with E-state index in [2.05, 4.69) is 31.2 Å². The van der Waals surface area contributed by atoms with Gasteiger partial charge in [-0.15, -0.1) is 22.9 Å². The molecule has 1 aromatic carbocycles. The molecule has 16 nitrogen and oxygen atoms in total. The van der Waals surface area contributed by atoms with Gasteiger partial charge in [0.1, 0.15) is 18.5 Å². The number of alkyl halides is 1. The van der Waals surface area contributed by atoms with Gasteiger partial charge in [-0.25, -0.2) is 14.6 Å². The Labute approximate surface area is 228 Å². The molecule has 4 N–H and O–H groups in total. The van der Waals surface area contributed by atoms with Gasteiger partial charge in [-0.3, -0.25) is 29.3 Å². The third-order valence-corrected chi connectivity index (χ3v) is 6.07. The van der Waals surface area contributed by atoms with E-state index in [1.54, 1.807) is 0 Å². The predicted molar refractivity (Wildman–Crippen MR) is 132 cm³/mol. The number of halogens is 1. The average Bonchev–Trinajstić information content (AvgIpc) is 3.38. The molecule has 39 heavy (non-hydrogen) atoms. The summed E-state index contributed by atoms with van der Waals surface area (Å²) in [4.78, 5) is 79.7. The first-order valence-corrected chi connectivity index (χ1v) is 12.3. The summed E-state index contributed by atoms with van der Waals surface area (Å²) in [7, 11) is 1.12. The number of ether oxygens (including phenoxy) is 2. The van der Waals surface area contributed by atoms with Crippen LogP contribution in [0.15, 0.2) is 29.6 Å². The first kappa shape index (κ1) is 29.4. The summed E-state index contributed by atoms with van der Waals surface area (Å²) in [6, 6.07) is 1.64. The zero-order chi connectivity index (χ0) is 28.5.